The van der Waals surface area contributed by atoms with Gasteiger partial charge in [-0.3, -0.25) is 4.79 Å². The van der Waals surface area contributed by atoms with Gasteiger partial charge in [0.1, 0.15) is 23.6 Å². The monoisotopic (exact) mass is 389 g/mol. The third-order valence-electron chi connectivity index (χ3n) is 4.96. The molecule has 0 spiro atoms. The van der Waals surface area contributed by atoms with Crippen molar-refractivity contribution in [1.29, 1.82) is 0 Å². The minimum Gasteiger partial charge on any atom is -0.497 e. The lowest BCUT2D eigenvalue weighted by molar-refractivity contribution is 0.102. The molecule has 1 aliphatic rings. The first-order chi connectivity index (χ1) is 14.2. The van der Waals surface area contributed by atoms with Crippen LogP contribution in [-0.4, -0.2) is 49.2 Å². The van der Waals surface area contributed by atoms with Crippen LogP contribution < -0.4 is 19.9 Å². The summed E-state index contributed by atoms with van der Waals surface area (Å²) in [6, 6.07) is 19.3. The fourth-order valence-electron chi connectivity index (χ4n) is 3.35. The second-order valence-corrected chi connectivity index (χ2v) is 6.75. The van der Waals surface area contributed by atoms with Crippen LogP contribution in [0.3, 0.4) is 0 Å². The number of amides is 1. The minimum atomic E-state index is -0.262. The number of rotatable bonds is 5. The molecular formula is C22H23N5O2. The summed E-state index contributed by atoms with van der Waals surface area (Å²) >= 11 is 0. The molecule has 2 aromatic carbocycles. The quantitative estimate of drug-likeness (QED) is 0.723. The molecule has 0 atom stereocenters. The maximum Gasteiger partial charge on any atom is 0.274 e. The van der Waals surface area contributed by atoms with Crippen LogP contribution in [0.5, 0.6) is 5.75 Å². The van der Waals surface area contributed by atoms with E-state index in [1.807, 2.05) is 6.07 Å². The smallest absolute Gasteiger partial charge is 0.274 e. The highest BCUT2D eigenvalue weighted by Crippen LogP contribution is 2.20. The van der Waals surface area contributed by atoms with Gasteiger partial charge in [0.2, 0.25) is 0 Å². The Morgan fingerprint density at radius 3 is 2.31 bits per heavy atom. The van der Waals surface area contributed by atoms with E-state index in [0.29, 0.717) is 11.4 Å². The standard InChI is InChI=1S/C22H23N5O2/c1-29-19-9-7-17(8-10-19)25-22(28)20-15-21(24-16-23-20)27-13-11-26(12-14-27)18-5-3-2-4-6-18/h2-10,15-16H,11-14H2,1H3,(H,25,28). The van der Waals surface area contributed by atoms with Gasteiger partial charge in [-0.1, -0.05) is 18.2 Å². The molecule has 1 amide bonds. The molecule has 7 nitrogen and oxygen atoms in total. The average Bonchev–Trinajstić information content (AvgIpc) is 2.80. The number of nitrogens with zero attached hydrogens (tertiary/aromatic N) is 4. The Bertz CT molecular complexity index is 954. The summed E-state index contributed by atoms with van der Waals surface area (Å²) in [4.78, 5) is 25.6. The van der Waals surface area contributed by atoms with Crippen molar-refractivity contribution in [3.63, 3.8) is 0 Å². The molecule has 29 heavy (non-hydrogen) atoms. The van der Waals surface area contributed by atoms with Gasteiger partial charge < -0.3 is 19.9 Å². The molecule has 148 valence electrons. The topological polar surface area (TPSA) is 70.6 Å². The van der Waals surface area contributed by atoms with Crippen molar-refractivity contribution < 1.29 is 9.53 Å². The van der Waals surface area contributed by atoms with E-state index < -0.39 is 0 Å². The normalized spacial score (nSPS) is 13.8. The molecule has 7 heteroatoms. The van der Waals surface area contributed by atoms with E-state index in [1.54, 1.807) is 37.4 Å². The fraction of sp³-hybridized carbons (Fsp3) is 0.227. The molecule has 3 aromatic rings. The van der Waals surface area contributed by atoms with E-state index in [4.69, 9.17) is 4.74 Å². The summed E-state index contributed by atoms with van der Waals surface area (Å²) < 4.78 is 5.14. The van der Waals surface area contributed by atoms with Crippen LogP contribution >= 0.6 is 0 Å². The SMILES string of the molecule is COc1ccc(NC(=O)c2cc(N3CCN(c4ccccc4)CC3)ncn2)cc1. The molecule has 1 aliphatic heterocycles. The van der Waals surface area contributed by atoms with E-state index in [1.165, 1.54) is 12.0 Å². The van der Waals surface area contributed by atoms with Crippen molar-refractivity contribution in [3.05, 3.63) is 72.7 Å². The Hall–Kier alpha value is -3.61. The van der Waals surface area contributed by atoms with Gasteiger partial charge in [0, 0.05) is 43.6 Å². The molecular weight excluding hydrogens is 366 g/mol. The molecule has 1 saturated heterocycles. The molecule has 0 radical (unpaired) electrons. The van der Waals surface area contributed by atoms with Crippen molar-refractivity contribution in [2.45, 2.75) is 0 Å². The van der Waals surface area contributed by atoms with Crippen molar-refractivity contribution in [2.24, 2.45) is 0 Å². The number of ether oxygens (including phenoxy) is 1. The van der Waals surface area contributed by atoms with Gasteiger partial charge in [-0.05, 0) is 36.4 Å². The second-order valence-electron chi connectivity index (χ2n) is 6.75. The van der Waals surface area contributed by atoms with E-state index in [-0.39, 0.29) is 5.91 Å². The van der Waals surface area contributed by atoms with Gasteiger partial charge in [0.25, 0.3) is 5.91 Å². The zero-order chi connectivity index (χ0) is 20.1. The van der Waals surface area contributed by atoms with Gasteiger partial charge >= 0.3 is 0 Å². The Kier molecular flexibility index (Phi) is 5.56. The maximum absolute atomic E-state index is 12.6. The molecule has 0 unspecified atom stereocenters. The van der Waals surface area contributed by atoms with Gasteiger partial charge in [0.05, 0.1) is 7.11 Å². The van der Waals surface area contributed by atoms with Crippen molar-refractivity contribution >= 4 is 23.1 Å². The van der Waals surface area contributed by atoms with E-state index >= 15 is 0 Å². The Labute approximate surface area is 170 Å². The summed E-state index contributed by atoms with van der Waals surface area (Å²) in [6.07, 6.45) is 1.45. The van der Waals surface area contributed by atoms with Crippen LogP contribution in [0.15, 0.2) is 67.0 Å². The van der Waals surface area contributed by atoms with E-state index in [0.717, 1.165) is 37.7 Å². The van der Waals surface area contributed by atoms with Crippen molar-refractivity contribution in [2.75, 3.05) is 48.4 Å². The highest BCUT2D eigenvalue weighted by molar-refractivity contribution is 6.03. The zero-order valence-corrected chi connectivity index (χ0v) is 16.3. The molecule has 2 heterocycles. The first-order valence-corrected chi connectivity index (χ1v) is 9.55. The molecule has 0 saturated carbocycles. The summed E-state index contributed by atoms with van der Waals surface area (Å²) in [5.41, 5.74) is 2.26. The summed E-state index contributed by atoms with van der Waals surface area (Å²) in [6.45, 7) is 3.49. The van der Waals surface area contributed by atoms with E-state index in [2.05, 4.69) is 49.4 Å². The van der Waals surface area contributed by atoms with Crippen molar-refractivity contribution in [1.82, 2.24) is 9.97 Å². The molecule has 0 bridgehead atoms. The lowest BCUT2D eigenvalue weighted by Crippen LogP contribution is -2.46. The molecule has 0 aliphatic carbocycles. The number of anilines is 3. The Balaban J connectivity index is 1.40. The lowest BCUT2D eigenvalue weighted by atomic mass is 10.2. The number of piperazine rings is 1. The first-order valence-electron chi connectivity index (χ1n) is 9.55. The maximum atomic E-state index is 12.6. The predicted octanol–water partition coefficient (Wildman–Crippen LogP) is 3.06. The largest absolute Gasteiger partial charge is 0.497 e. The second kappa shape index (κ2) is 8.60. The molecule has 4 rings (SSSR count). The fourth-order valence-corrected chi connectivity index (χ4v) is 3.35. The first kappa shape index (κ1) is 18.7. The number of carbonyl (C=O) groups is 1. The van der Waals surface area contributed by atoms with Gasteiger partial charge in [-0.25, -0.2) is 9.97 Å². The van der Waals surface area contributed by atoms with Crippen LogP contribution in [-0.2, 0) is 0 Å². The summed E-state index contributed by atoms with van der Waals surface area (Å²) in [5, 5.41) is 2.86. The van der Waals surface area contributed by atoms with Crippen LogP contribution in [0.4, 0.5) is 17.2 Å². The van der Waals surface area contributed by atoms with Crippen LogP contribution in [0.2, 0.25) is 0 Å². The third kappa shape index (κ3) is 4.45. The van der Waals surface area contributed by atoms with Crippen molar-refractivity contribution in [3.8, 4) is 5.75 Å². The molecule has 1 fully saturated rings. The Morgan fingerprint density at radius 2 is 1.62 bits per heavy atom. The predicted molar refractivity (Wildman–Crippen MR) is 114 cm³/mol. The zero-order valence-electron chi connectivity index (χ0n) is 16.3. The third-order valence-corrected chi connectivity index (χ3v) is 4.96. The number of para-hydroxylation sites is 1. The van der Waals surface area contributed by atoms with Gasteiger partial charge in [-0.2, -0.15) is 0 Å². The number of hydrogen-bond donors (Lipinski definition) is 1. The lowest BCUT2D eigenvalue weighted by Gasteiger charge is -2.36. The van der Waals surface area contributed by atoms with Gasteiger partial charge in [-0.15, -0.1) is 0 Å². The number of aromatic nitrogens is 2. The number of benzene rings is 2. The number of nitrogens with one attached hydrogen (secondary N) is 1. The van der Waals surface area contributed by atoms with Crippen LogP contribution in [0.25, 0.3) is 0 Å². The number of hydrogen-bond acceptors (Lipinski definition) is 6. The summed E-state index contributed by atoms with van der Waals surface area (Å²) in [7, 11) is 1.61. The number of carbonyl (C=O) groups excluding carboxylic acids is 1. The highest BCUT2D eigenvalue weighted by Gasteiger charge is 2.19. The number of methoxy groups -OCH3 is 1. The summed E-state index contributed by atoms with van der Waals surface area (Å²) in [5.74, 6) is 1.25. The van der Waals surface area contributed by atoms with Gasteiger partial charge in [0.15, 0.2) is 0 Å². The highest BCUT2D eigenvalue weighted by atomic mass is 16.5. The van der Waals surface area contributed by atoms with Crippen LogP contribution in [0, 0.1) is 0 Å². The van der Waals surface area contributed by atoms with Crippen LogP contribution in [0.1, 0.15) is 10.5 Å². The Morgan fingerprint density at radius 1 is 0.931 bits per heavy atom. The molecule has 1 N–H and O–H groups in total. The average molecular weight is 389 g/mol. The molecule has 1 aromatic heterocycles. The van der Waals surface area contributed by atoms with E-state index in [9.17, 15) is 4.79 Å². The minimum absolute atomic E-state index is 0.262.